The van der Waals surface area contributed by atoms with E-state index in [1.807, 2.05) is 6.07 Å². The minimum absolute atomic E-state index is 0.113. The van der Waals surface area contributed by atoms with Crippen molar-refractivity contribution < 1.29 is 4.79 Å². The summed E-state index contributed by atoms with van der Waals surface area (Å²) in [5.41, 5.74) is 8.86. The molecule has 0 spiro atoms. The number of carbonyl (C=O) groups is 1. The summed E-state index contributed by atoms with van der Waals surface area (Å²) in [6, 6.07) is 6.20. The first kappa shape index (κ1) is 9.21. The minimum Gasteiger partial charge on any atom is -0.330 e. The monoisotopic (exact) mass is 190 g/mol. The molecule has 1 aromatic rings. The Morgan fingerprint density at radius 1 is 1.36 bits per heavy atom. The third kappa shape index (κ3) is 1.77. The maximum Gasteiger partial charge on any atom is 0.224 e. The van der Waals surface area contributed by atoms with Gasteiger partial charge in [0.1, 0.15) is 0 Å². The van der Waals surface area contributed by atoms with E-state index in [1.165, 1.54) is 11.1 Å². The van der Waals surface area contributed by atoms with Crippen LogP contribution >= 0.6 is 0 Å². The summed E-state index contributed by atoms with van der Waals surface area (Å²) in [4.78, 5) is 11.2. The zero-order valence-electron chi connectivity index (χ0n) is 8.05. The summed E-state index contributed by atoms with van der Waals surface area (Å²) < 4.78 is 0. The predicted molar refractivity (Wildman–Crippen MR) is 56.2 cm³/mol. The molecule has 1 heterocycles. The molecule has 0 saturated heterocycles. The summed E-state index contributed by atoms with van der Waals surface area (Å²) in [5, 5.41) is 2.88. The molecule has 0 unspecified atom stereocenters. The first-order chi connectivity index (χ1) is 6.79. The van der Waals surface area contributed by atoms with E-state index in [-0.39, 0.29) is 5.91 Å². The smallest absolute Gasteiger partial charge is 0.224 e. The van der Waals surface area contributed by atoms with Crippen LogP contribution in [0.3, 0.4) is 0 Å². The third-order valence-corrected chi connectivity index (χ3v) is 2.50. The molecule has 74 valence electrons. The standard InChI is InChI=1S/C11H14N2O/c12-6-5-8-1-2-9-3-4-11(14)13-10(9)7-8/h1-2,7H,3-6,12H2,(H,13,14). The quantitative estimate of drug-likeness (QED) is 0.733. The van der Waals surface area contributed by atoms with Gasteiger partial charge < -0.3 is 11.1 Å². The van der Waals surface area contributed by atoms with Gasteiger partial charge in [-0.2, -0.15) is 0 Å². The Hall–Kier alpha value is -1.35. The number of amides is 1. The van der Waals surface area contributed by atoms with E-state index in [9.17, 15) is 4.79 Å². The number of fused-ring (bicyclic) bond motifs is 1. The largest absolute Gasteiger partial charge is 0.330 e. The molecule has 1 aliphatic heterocycles. The van der Waals surface area contributed by atoms with Gasteiger partial charge in [0.05, 0.1) is 0 Å². The highest BCUT2D eigenvalue weighted by atomic mass is 16.1. The van der Waals surface area contributed by atoms with Crippen LogP contribution < -0.4 is 11.1 Å². The van der Waals surface area contributed by atoms with Crippen LogP contribution in [-0.4, -0.2) is 12.5 Å². The van der Waals surface area contributed by atoms with E-state index in [0.717, 1.165) is 18.5 Å². The highest BCUT2D eigenvalue weighted by Gasteiger charge is 2.14. The Kier molecular flexibility index (Phi) is 2.50. The van der Waals surface area contributed by atoms with Crippen molar-refractivity contribution in [3.63, 3.8) is 0 Å². The van der Waals surface area contributed by atoms with Gasteiger partial charge in [-0.25, -0.2) is 0 Å². The molecule has 0 radical (unpaired) electrons. The molecule has 1 aliphatic rings. The van der Waals surface area contributed by atoms with E-state index in [1.54, 1.807) is 0 Å². The highest BCUT2D eigenvalue weighted by Crippen LogP contribution is 2.23. The van der Waals surface area contributed by atoms with Gasteiger partial charge in [-0.15, -0.1) is 0 Å². The lowest BCUT2D eigenvalue weighted by atomic mass is 10.00. The number of hydrogen-bond donors (Lipinski definition) is 2. The van der Waals surface area contributed by atoms with E-state index in [0.29, 0.717) is 13.0 Å². The number of nitrogens with one attached hydrogen (secondary N) is 1. The second kappa shape index (κ2) is 3.80. The maximum atomic E-state index is 11.2. The normalized spacial score (nSPS) is 14.8. The summed E-state index contributed by atoms with van der Waals surface area (Å²) >= 11 is 0. The zero-order valence-corrected chi connectivity index (χ0v) is 8.05. The van der Waals surface area contributed by atoms with Gasteiger partial charge in [-0.1, -0.05) is 12.1 Å². The molecule has 0 saturated carbocycles. The van der Waals surface area contributed by atoms with Crippen molar-refractivity contribution in [3.8, 4) is 0 Å². The number of rotatable bonds is 2. The molecule has 0 atom stereocenters. The fraction of sp³-hybridized carbons (Fsp3) is 0.364. The Bertz CT molecular complexity index is 360. The molecule has 3 nitrogen and oxygen atoms in total. The van der Waals surface area contributed by atoms with Crippen LogP contribution in [0.2, 0.25) is 0 Å². The fourth-order valence-electron chi connectivity index (χ4n) is 1.74. The summed E-state index contributed by atoms with van der Waals surface area (Å²) in [5.74, 6) is 0.113. The van der Waals surface area contributed by atoms with Crippen LogP contribution in [0.15, 0.2) is 18.2 Å². The number of aryl methyl sites for hydroxylation is 1. The number of benzene rings is 1. The Morgan fingerprint density at radius 3 is 3.00 bits per heavy atom. The van der Waals surface area contributed by atoms with Crippen LogP contribution in [0.25, 0.3) is 0 Å². The first-order valence-corrected chi connectivity index (χ1v) is 4.91. The molecule has 3 heteroatoms. The molecule has 14 heavy (non-hydrogen) atoms. The average Bonchev–Trinajstić information content (AvgIpc) is 2.17. The predicted octanol–water partition coefficient (Wildman–Crippen LogP) is 1.07. The van der Waals surface area contributed by atoms with Crippen molar-refractivity contribution in [2.45, 2.75) is 19.3 Å². The van der Waals surface area contributed by atoms with E-state index >= 15 is 0 Å². The molecule has 1 aromatic carbocycles. The second-order valence-electron chi connectivity index (χ2n) is 3.58. The average molecular weight is 190 g/mol. The molecule has 2 rings (SSSR count). The Balaban J connectivity index is 2.28. The van der Waals surface area contributed by atoms with E-state index in [4.69, 9.17) is 5.73 Å². The number of carbonyl (C=O) groups excluding carboxylic acids is 1. The van der Waals surface area contributed by atoms with E-state index in [2.05, 4.69) is 17.4 Å². The molecular weight excluding hydrogens is 176 g/mol. The van der Waals surface area contributed by atoms with Crippen LogP contribution in [0.4, 0.5) is 5.69 Å². The van der Waals surface area contributed by atoms with Crippen LogP contribution in [0.1, 0.15) is 17.5 Å². The molecule has 0 fully saturated rings. The van der Waals surface area contributed by atoms with Gasteiger partial charge in [-0.05, 0) is 36.6 Å². The van der Waals surface area contributed by atoms with Crippen LogP contribution in [0.5, 0.6) is 0 Å². The Morgan fingerprint density at radius 2 is 2.21 bits per heavy atom. The van der Waals surface area contributed by atoms with Gasteiger partial charge in [-0.3, -0.25) is 4.79 Å². The van der Waals surface area contributed by atoms with Crippen molar-refractivity contribution in [2.75, 3.05) is 11.9 Å². The van der Waals surface area contributed by atoms with Crippen molar-refractivity contribution >= 4 is 11.6 Å². The number of nitrogens with two attached hydrogens (primary N) is 1. The van der Waals surface area contributed by atoms with Gasteiger partial charge >= 0.3 is 0 Å². The lowest BCUT2D eigenvalue weighted by Crippen LogP contribution is -2.19. The van der Waals surface area contributed by atoms with Gasteiger partial charge in [0.25, 0.3) is 0 Å². The third-order valence-electron chi connectivity index (χ3n) is 2.50. The zero-order chi connectivity index (χ0) is 9.97. The van der Waals surface area contributed by atoms with Gasteiger partial charge in [0.15, 0.2) is 0 Å². The van der Waals surface area contributed by atoms with E-state index < -0.39 is 0 Å². The topological polar surface area (TPSA) is 55.1 Å². The fourth-order valence-corrected chi connectivity index (χ4v) is 1.74. The van der Waals surface area contributed by atoms with Gasteiger partial charge in [0.2, 0.25) is 5.91 Å². The maximum absolute atomic E-state index is 11.2. The van der Waals surface area contributed by atoms with Crippen molar-refractivity contribution in [1.82, 2.24) is 0 Å². The minimum atomic E-state index is 0.113. The molecule has 1 amide bonds. The van der Waals surface area contributed by atoms with Crippen molar-refractivity contribution in [2.24, 2.45) is 5.73 Å². The van der Waals surface area contributed by atoms with Crippen molar-refractivity contribution in [1.29, 1.82) is 0 Å². The highest BCUT2D eigenvalue weighted by molar-refractivity contribution is 5.93. The van der Waals surface area contributed by atoms with Crippen molar-refractivity contribution in [3.05, 3.63) is 29.3 Å². The summed E-state index contributed by atoms with van der Waals surface area (Å²) in [6.07, 6.45) is 2.32. The van der Waals surface area contributed by atoms with Crippen LogP contribution in [-0.2, 0) is 17.6 Å². The van der Waals surface area contributed by atoms with Crippen LogP contribution in [0, 0.1) is 0 Å². The molecule has 0 bridgehead atoms. The summed E-state index contributed by atoms with van der Waals surface area (Å²) in [7, 11) is 0. The second-order valence-corrected chi connectivity index (χ2v) is 3.58. The first-order valence-electron chi connectivity index (χ1n) is 4.91. The molecular formula is C11H14N2O. The summed E-state index contributed by atoms with van der Waals surface area (Å²) in [6.45, 7) is 0.646. The lowest BCUT2D eigenvalue weighted by molar-refractivity contribution is -0.116. The lowest BCUT2D eigenvalue weighted by Gasteiger charge is -2.17. The van der Waals surface area contributed by atoms with Gasteiger partial charge in [0, 0.05) is 12.1 Å². The molecule has 0 aliphatic carbocycles. The SMILES string of the molecule is NCCc1ccc2c(c1)NC(=O)CC2. The molecule has 0 aromatic heterocycles. The number of hydrogen-bond acceptors (Lipinski definition) is 2. The number of anilines is 1. The molecule has 3 N–H and O–H groups in total. The Labute approximate surface area is 83.3 Å².